The van der Waals surface area contributed by atoms with Gasteiger partial charge >= 0.3 is 0 Å². The van der Waals surface area contributed by atoms with Crippen LogP contribution in [0.2, 0.25) is 0 Å². The topological polar surface area (TPSA) is 0 Å². The van der Waals surface area contributed by atoms with Crippen LogP contribution in [-0.2, 0) is 0 Å². The van der Waals surface area contributed by atoms with Gasteiger partial charge < -0.3 is 0 Å². The maximum Gasteiger partial charge on any atom is -0.00234 e. The first kappa shape index (κ1) is 11.6. The van der Waals surface area contributed by atoms with Gasteiger partial charge in [0.05, 0.1) is 0 Å². The van der Waals surface area contributed by atoms with Crippen molar-refractivity contribution in [2.45, 2.75) is 59.3 Å². The Balaban J connectivity index is 2.46. The molecule has 0 saturated heterocycles. The predicted octanol–water partition coefficient (Wildman–Crippen LogP) is 4.87. The van der Waals surface area contributed by atoms with Crippen molar-refractivity contribution in [3.8, 4) is 0 Å². The van der Waals surface area contributed by atoms with Crippen molar-refractivity contribution in [3.63, 3.8) is 0 Å². The van der Waals surface area contributed by atoms with Crippen LogP contribution in [0.5, 0.6) is 0 Å². The van der Waals surface area contributed by atoms with Crippen LogP contribution >= 0.6 is 0 Å². The Morgan fingerprint density at radius 1 is 1.57 bits per heavy atom. The molecule has 0 amide bonds. The summed E-state index contributed by atoms with van der Waals surface area (Å²) in [5, 5.41) is 0. The van der Waals surface area contributed by atoms with Gasteiger partial charge in [-0.1, -0.05) is 43.1 Å². The molecule has 1 aliphatic rings. The van der Waals surface area contributed by atoms with Gasteiger partial charge in [-0.15, -0.1) is 0 Å². The van der Waals surface area contributed by atoms with Crippen molar-refractivity contribution < 1.29 is 0 Å². The molecule has 0 aliphatic heterocycles. The van der Waals surface area contributed by atoms with Crippen LogP contribution in [0, 0.1) is 5.92 Å². The Bertz CT molecular complexity index is 220. The second kappa shape index (κ2) is 6.06. The fourth-order valence-corrected chi connectivity index (χ4v) is 2.16. The molecule has 14 heavy (non-hydrogen) atoms. The minimum absolute atomic E-state index is 0.751. The molecule has 0 saturated carbocycles. The lowest BCUT2D eigenvalue weighted by molar-refractivity contribution is 0.584. The summed E-state index contributed by atoms with van der Waals surface area (Å²) in [5.41, 5.74) is 3.18. The largest absolute Gasteiger partial charge is 0.0850 e. The van der Waals surface area contributed by atoms with Gasteiger partial charge in [-0.25, -0.2) is 0 Å². The lowest BCUT2D eigenvalue weighted by atomic mass is 9.86. The third-order valence-electron chi connectivity index (χ3n) is 3.18. The zero-order valence-electron chi connectivity index (χ0n) is 9.97. The number of unbranched alkanes of at least 4 members (excludes halogenated alkanes) is 2. The molecule has 0 nitrogen and oxygen atoms in total. The van der Waals surface area contributed by atoms with Gasteiger partial charge in [0.25, 0.3) is 0 Å². The standard InChI is InChI=1S/C14H24/c1-4-5-6-9-13(3)14-10-7-8-12(2)11-14/h9,11,14H,4-8,10H2,1-3H3. The first-order chi connectivity index (χ1) is 6.74. The summed E-state index contributed by atoms with van der Waals surface area (Å²) >= 11 is 0. The minimum atomic E-state index is 0.751. The van der Waals surface area contributed by atoms with Gasteiger partial charge in [0.15, 0.2) is 0 Å². The molecule has 0 heteroatoms. The van der Waals surface area contributed by atoms with Crippen molar-refractivity contribution in [2.75, 3.05) is 0 Å². The summed E-state index contributed by atoms with van der Waals surface area (Å²) in [6.07, 6.45) is 12.9. The van der Waals surface area contributed by atoms with Gasteiger partial charge in [0.1, 0.15) is 0 Å². The number of rotatable bonds is 4. The van der Waals surface area contributed by atoms with Crippen molar-refractivity contribution in [1.82, 2.24) is 0 Å². The van der Waals surface area contributed by atoms with E-state index in [9.17, 15) is 0 Å². The smallest absolute Gasteiger partial charge is 0.00234 e. The Labute approximate surface area is 89.1 Å². The molecule has 1 rings (SSSR count). The molecule has 0 fully saturated rings. The fraction of sp³-hybridized carbons (Fsp3) is 0.714. The molecule has 0 heterocycles. The molecule has 0 bridgehead atoms. The molecule has 0 radical (unpaired) electrons. The van der Waals surface area contributed by atoms with Crippen LogP contribution < -0.4 is 0 Å². The first-order valence-electron chi connectivity index (χ1n) is 6.08. The maximum absolute atomic E-state index is 2.47. The van der Waals surface area contributed by atoms with Crippen molar-refractivity contribution in [3.05, 3.63) is 23.3 Å². The van der Waals surface area contributed by atoms with Gasteiger partial charge in [-0.2, -0.15) is 0 Å². The van der Waals surface area contributed by atoms with Crippen LogP contribution in [-0.4, -0.2) is 0 Å². The Kier molecular flexibility index (Phi) is 5.00. The van der Waals surface area contributed by atoms with E-state index in [0.29, 0.717) is 0 Å². The van der Waals surface area contributed by atoms with Gasteiger partial charge in [-0.3, -0.25) is 0 Å². The average Bonchev–Trinajstić information content (AvgIpc) is 2.18. The normalized spacial score (nSPS) is 23.5. The second-order valence-electron chi connectivity index (χ2n) is 4.60. The van der Waals surface area contributed by atoms with Gasteiger partial charge in [-0.05, 0) is 45.4 Å². The summed E-state index contributed by atoms with van der Waals surface area (Å²) in [6, 6.07) is 0. The van der Waals surface area contributed by atoms with E-state index in [1.807, 2.05) is 0 Å². The highest BCUT2D eigenvalue weighted by atomic mass is 14.2. The highest BCUT2D eigenvalue weighted by Gasteiger charge is 2.12. The van der Waals surface area contributed by atoms with Crippen LogP contribution in [0.25, 0.3) is 0 Å². The zero-order chi connectivity index (χ0) is 10.4. The van der Waals surface area contributed by atoms with E-state index in [1.165, 1.54) is 38.5 Å². The van der Waals surface area contributed by atoms with E-state index in [-0.39, 0.29) is 0 Å². The van der Waals surface area contributed by atoms with Gasteiger partial charge in [0, 0.05) is 0 Å². The van der Waals surface area contributed by atoms with Crippen molar-refractivity contribution >= 4 is 0 Å². The summed E-state index contributed by atoms with van der Waals surface area (Å²) in [6.45, 7) is 6.83. The Morgan fingerprint density at radius 2 is 2.36 bits per heavy atom. The second-order valence-corrected chi connectivity index (χ2v) is 4.60. The van der Waals surface area contributed by atoms with E-state index in [0.717, 1.165) is 5.92 Å². The maximum atomic E-state index is 2.47. The molecule has 1 atom stereocenters. The third kappa shape index (κ3) is 3.69. The van der Waals surface area contributed by atoms with Gasteiger partial charge in [0.2, 0.25) is 0 Å². The number of hydrogen-bond donors (Lipinski definition) is 0. The molecule has 1 aliphatic carbocycles. The van der Waals surface area contributed by atoms with E-state index < -0.39 is 0 Å². The SMILES string of the molecule is CCCCC=C(C)C1C=C(C)CCC1. The summed E-state index contributed by atoms with van der Waals surface area (Å²) in [7, 11) is 0. The van der Waals surface area contributed by atoms with Crippen LogP contribution in [0.4, 0.5) is 0 Å². The van der Waals surface area contributed by atoms with Crippen LogP contribution in [0.3, 0.4) is 0 Å². The molecule has 0 aromatic carbocycles. The predicted molar refractivity (Wildman–Crippen MR) is 64.4 cm³/mol. The Morgan fingerprint density at radius 3 is 3.00 bits per heavy atom. The number of hydrogen-bond acceptors (Lipinski definition) is 0. The highest BCUT2D eigenvalue weighted by Crippen LogP contribution is 2.28. The average molecular weight is 192 g/mol. The summed E-state index contributed by atoms with van der Waals surface area (Å²) < 4.78 is 0. The zero-order valence-corrected chi connectivity index (χ0v) is 9.97. The molecule has 0 N–H and O–H groups in total. The van der Waals surface area contributed by atoms with E-state index in [2.05, 4.69) is 32.9 Å². The summed E-state index contributed by atoms with van der Waals surface area (Å²) in [4.78, 5) is 0. The molecule has 0 aromatic heterocycles. The molecular formula is C14H24. The fourth-order valence-electron chi connectivity index (χ4n) is 2.16. The number of allylic oxidation sites excluding steroid dienone is 4. The molecular weight excluding hydrogens is 168 g/mol. The quantitative estimate of drug-likeness (QED) is 0.440. The third-order valence-corrected chi connectivity index (χ3v) is 3.18. The van der Waals surface area contributed by atoms with Crippen molar-refractivity contribution in [2.24, 2.45) is 5.92 Å². The van der Waals surface area contributed by atoms with E-state index >= 15 is 0 Å². The Hall–Kier alpha value is -0.520. The molecule has 80 valence electrons. The lowest BCUT2D eigenvalue weighted by Gasteiger charge is -2.20. The van der Waals surface area contributed by atoms with Crippen LogP contribution in [0.15, 0.2) is 23.3 Å². The minimum Gasteiger partial charge on any atom is -0.0850 e. The molecule has 0 aromatic rings. The lowest BCUT2D eigenvalue weighted by Crippen LogP contribution is -2.04. The molecule has 1 unspecified atom stereocenters. The van der Waals surface area contributed by atoms with Crippen molar-refractivity contribution in [1.29, 1.82) is 0 Å². The molecule has 0 spiro atoms. The van der Waals surface area contributed by atoms with E-state index in [4.69, 9.17) is 0 Å². The monoisotopic (exact) mass is 192 g/mol. The van der Waals surface area contributed by atoms with E-state index in [1.54, 1.807) is 11.1 Å². The first-order valence-corrected chi connectivity index (χ1v) is 6.08. The summed E-state index contributed by atoms with van der Waals surface area (Å²) in [5.74, 6) is 0.751. The highest BCUT2D eigenvalue weighted by molar-refractivity contribution is 5.17. The van der Waals surface area contributed by atoms with Crippen LogP contribution in [0.1, 0.15) is 59.3 Å².